The maximum absolute atomic E-state index is 12.0. The highest BCUT2D eigenvalue weighted by Crippen LogP contribution is 2.44. The van der Waals surface area contributed by atoms with Gasteiger partial charge in [-0.05, 0) is 17.7 Å². The van der Waals surface area contributed by atoms with Gasteiger partial charge in [-0.25, -0.2) is 4.79 Å². The number of alkyl halides is 1. The summed E-state index contributed by atoms with van der Waals surface area (Å²) in [6.45, 7) is 0.162. The number of carbonyl (C=O) groups is 2. The SMILES string of the molecule is COc1ccc(COC(=O)C2=CS[C@H]3[C@@H](Br)C(=O)N23)cc1. The third-order valence-electron chi connectivity index (χ3n) is 3.29. The number of carbonyl (C=O) groups excluding carboxylic acids is 2. The van der Waals surface area contributed by atoms with Crippen molar-refractivity contribution in [2.75, 3.05) is 7.11 Å². The van der Waals surface area contributed by atoms with Crippen molar-refractivity contribution < 1.29 is 19.1 Å². The standard InChI is InChI=1S/C14H12BrNO4S/c1-19-9-4-2-8(3-5-9)6-20-14(18)10-7-21-13-11(15)12(17)16(10)13/h2-5,7,11,13H,6H2,1H3/t11-,13-/m0/s1. The van der Waals surface area contributed by atoms with E-state index in [1.54, 1.807) is 24.7 Å². The highest BCUT2D eigenvalue weighted by Gasteiger charge is 2.52. The molecule has 5 nitrogen and oxygen atoms in total. The van der Waals surface area contributed by atoms with Crippen molar-refractivity contribution in [2.45, 2.75) is 16.8 Å². The molecule has 2 atom stereocenters. The molecule has 3 rings (SSSR count). The molecule has 1 saturated heterocycles. The minimum Gasteiger partial charge on any atom is -0.497 e. The van der Waals surface area contributed by atoms with Crippen LogP contribution in [0, 0.1) is 0 Å². The van der Waals surface area contributed by atoms with Crippen molar-refractivity contribution >= 4 is 39.6 Å². The number of fused-ring (bicyclic) bond motifs is 1. The molecule has 1 aromatic rings. The van der Waals surface area contributed by atoms with E-state index >= 15 is 0 Å². The van der Waals surface area contributed by atoms with Gasteiger partial charge >= 0.3 is 5.97 Å². The highest BCUT2D eigenvalue weighted by atomic mass is 79.9. The number of thioether (sulfide) groups is 1. The van der Waals surface area contributed by atoms with Crippen LogP contribution in [0.2, 0.25) is 0 Å². The number of hydrogen-bond donors (Lipinski definition) is 0. The zero-order valence-electron chi connectivity index (χ0n) is 11.1. The molecule has 0 aliphatic carbocycles. The first-order valence-corrected chi connectivity index (χ1v) is 8.10. The van der Waals surface area contributed by atoms with Gasteiger partial charge in [-0.15, -0.1) is 11.8 Å². The van der Waals surface area contributed by atoms with Gasteiger partial charge in [0.25, 0.3) is 0 Å². The fourth-order valence-electron chi connectivity index (χ4n) is 2.10. The van der Waals surface area contributed by atoms with E-state index in [2.05, 4.69) is 15.9 Å². The lowest BCUT2D eigenvalue weighted by Gasteiger charge is -2.39. The molecular weight excluding hydrogens is 358 g/mol. The van der Waals surface area contributed by atoms with Crippen LogP contribution in [0.3, 0.4) is 0 Å². The summed E-state index contributed by atoms with van der Waals surface area (Å²) in [6.07, 6.45) is 0. The predicted molar refractivity (Wildman–Crippen MR) is 81.8 cm³/mol. The maximum atomic E-state index is 12.0. The van der Waals surface area contributed by atoms with Gasteiger partial charge in [-0.2, -0.15) is 0 Å². The van der Waals surface area contributed by atoms with Crippen LogP contribution in [-0.2, 0) is 20.9 Å². The molecule has 1 aromatic carbocycles. The summed E-state index contributed by atoms with van der Waals surface area (Å²) in [7, 11) is 1.59. The molecule has 1 amide bonds. The molecule has 0 bridgehead atoms. The number of hydrogen-bond acceptors (Lipinski definition) is 5. The van der Waals surface area contributed by atoms with Crippen LogP contribution in [-0.4, -0.2) is 34.1 Å². The molecule has 0 saturated carbocycles. The minimum atomic E-state index is -0.478. The van der Waals surface area contributed by atoms with Crippen LogP contribution in [0.4, 0.5) is 0 Å². The number of methoxy groups -OCH3 is 1. The monoisotopic (exact) mass is 369 g/mol. The van der Waals surface area contributed by atoms with Gasteiger partial charge in [0.15, 0.2) is 0 Å². The van der Waals surface area contributed by atoms with Crippen LogP contribution < -0.4 is 4.74 Å². The summed E-state index contributed by atoms with van der Waals surface area (Å²) in [6, 6.07) is 7.27. The Morgan fingerprint density at radius 3 is 2.76 bits per heavy atom. The van der Waals surface area contributed by atoms with E-state index in [1.807, 2.05) is 12.1 Å². The summed E-state index contributed by atoms with van der Waals surface area (Å²) in [5.74, 6) is 0.170. The smallest absolute Gasteiger partial charge is 0.355 e. The average molecular weight is 370 g/mol. The molecule has 0 spiro atoms. The van der Waals surface area contributed by atoms with E-state index in [9.17, 15) is 9.59 Å². The molecule has 110 valence electrons. The lowest BCUT2D eigenvalue weighted by molar-refractivity contribution is -0.148. The van der Waals surface area contributed by atoms with Crippen molar-refractivity contribution in [1.82, 2.24) is 4.90 Å². The molecule has 2 heterocycles. The quantitative estimate of drug-likeness (QED) is 0.462. The summed E-state index contributed by atoms with van der Waals surface area (Å²) >= 11 is 4.73. The highest BCUT2D eigenvalue weighted by molar-refractivity contribution is 9.10. The number of amides is 1. The lowest BCUT2D eigenvalue weighted by atomic mass is 10.2. The second kappa shape index (κ2) is 5.73. The molecule has 1 fully saturated rings. The van der Waals surface area contributed by atoms with Gasteiger partial charge in [0.1, 0.15) is 28.3 Å². The van der Waals surface area contributed by atoms with Gasteiger partial charge in [0.2, 0.25) is 5.91 Å². The average Bonchev–Trinajstić information content (AvgIpc) is 2.93. The maximum Gasteiger partial charge on any atom is 0.355 e. The second-order valence-corrected chi connectivity index (χ2v) is 6.54. The molecule has 2 aliphatic rings. The second-order valence-electron chi connectivity index (χ2n) is 4.56. The zero-order chi connectivity index (χ0) is 15.0. The van der Waals surface area contributed by atoms with Crippen molar-refractivity contribution in [3.8, 4) is 5.75 Å². The Balaban J connectivity index is 1.58. The van der Waals surface area contributed by atoms with Crippen molar-refractivity contribution in [2.24, 2.45) is 0 Å². The topological polar surface area (TPSA) is 55.8 Å². The van der Waals surface area contributed by atoms with E-state index in [0.717, 1.165) is 11.3 Å². The number of halogens is 1. The number of ether oxygens (including phenoxy) is 2. The van der Waals surface area contributed by atoms with Crippen molar-refractivity contribution in [3.63, 3.8) is 0 Å². The van der Waals surface area contributed by atoms with Crippen molar-refractivity contribution in [1.29, 1.82) is 0 Å². The summed E-state index contributed by atoms with van der Waals surface area (Å²) in [4.78, 5) is 25.0. The third-order valence-corrected chi connectivity index (χ3v) is 5.66. The van der Waals surface area contributed by atoms with Crippen LogP contribution in [0.1, 0.15) is 5.56 Å². The fraction of sp³-hybridized carbons (Fsp3) is 0.286. The van der Waals surface area contributed by atoms with Crippen molar-refractivity contribution in [3.05, 3.63) is 40.9 Å². The van der Waals surface area contributed by atoms with E-state index in [4.69, 9.17) is 9.47 Å². The Hall–Kier alpha value is -1.47. The van der Waals surface area contributed by atoms with Gasteiger partial charge in [-0.3, -0.25) is 9.69 Å². The van der Waals surface area contributed by atoms with Gasteiger partial charge < -0.3 is 9.47 Å². The molecule has 7 heteroatoms. The Morgan fingerprint density at radius 1 is 1.38 bits per heavy atom. The lowest BCUT2D eigenvalue weighted by Crippen LogP contribution is -2.58. The van der Waals surface area contributed by atoms with E-state index in [1.165, 1.54) is 16.7 Å². The van der Waals surface area contributed by atoms with Crippen LogP contribution in [0.15, 0.2) is 35.4 Å². The van der Waals surface area contributed by atoms with Crippen LogP contribution >= 0.6 is 27.7 Å². The number of benzene rings is 1. The zero-order valence-corrected chi connectivity index (χ0v) is 13.5. The fourth-order valence-corrected chi connectivity index (χ4v) is 4.00. The first-order chi connectivity index (χ1) is 10.1. The summed E-state index contributed by atoms with van der Waals surface area (Å²) < 4.78 is 10.3. The minimum absolute atomic E-state index is 0.0268. The normalized spacial score (nSPS) is 23.2. The molecular formula is C14H12BrNO4S. The number of esters is 1. The molecule has 21 heavy (non-hydrogen) atoms. The third kappa shape index (κ3) is 2.55. The number of rotatable bonds is 4. The first-order valence-electron chi connectivity index (χ1n) is 6.24. The Labute approximate surface area is 134 Å². The van der Waals surface area contributed by atoms with E-state index < -0.39 is 5.97 Å². The van der Waals surface area contributed by atoms with Crippen LogP contribution in [0.5, 0.6) is 5.75 Å². The first kappa shape index (κ1) is 14.5. The van der Waals surface area contributed by atoms with E-state index in [-0.39, 0.29) is 22.7 Å². The van der Waals surface area contributed by atoms with Crippen LogP contribution in [0.25, 0.3) is 0 Å². The molecule has 0 N–H and O–H groups in total. The largest absolute Gasteiger partial charge is 0.497 e. The summed E-state index contributed by atoms with van der Waals surface area (Å²) in [5.41, 5.74) is 1.18. The summed E-state index contributed by atoms with van der Waals surface area (Å²) in [5, 5.41) is 1.65. The Morgan fingerprint density at radius 2 is 2.10 bits per heavy atom. The van der Waals surface area contributed by atoms with Gasteiger partial charge in [-0.1, -0.05) is 28.1 Å². The van der Waals surface area contributed by atoms with E-state index in [0.29, 0.717) is 5.70 Å². The molecule has 2 aliphatic heterocycles. The number of nitrogens with zero attached hydrogens (tertiary/aromatic N) is 1. The molecule has 0 aromatic heterocycles. The van der Waals surface area contributed by atoms with Gasteiger partial charge in [0.05, 0.1) is 7.11 Å². The number of β-lactam (4-membered cyclic amide) rings is 1. The molecule has 0 unspecified atom stereocenters. The Kier molecular flexibility index (Phi) is 3.95. The Bertz CT molecular complexity index is 616. The predicted octanol–water partition coefficient (Wildman–Crippen LogP) is 2.26. The molecule has 0 radical (unpaired) electrons. The van der Waals surface area contributed by atoms with Gasteiger partial charge in [0, 0.05) is 5.41 Å².